The molecule has 0 unspecified atom stereocenters. The van der Waals surface area contributed by atoms with Crippen LogP contribution in [-0.2, 0) is 4.79 Å². The number of carbonyl (C=O) groups is 1. The van der Waals surface area contributed by atoms with Gasteiger partial charge in [-0.25, -0.2) is 0 Å². The van der Waals surface area contributed by atoms with E-state index in [1.807, 2.05) is 6.07 Å². The zero-order valence-electron chi connectivity index (χ0n) is 8.17. The second-order valence-electron chi connectivity index (χ2n) is 3.53. The molecule has 4 heteroatoms. The van der Waals surface area contributed by atoms with Gasteiger partial charge in [-0.05, 0) is 31.5 Å². The van der Waals surface area contributed by atoms with E-state index in [-0.39, 0.29) is 5.91 Å². The van der Waals surface area contributed by atoms with E-state index in [9.17, 15) is 4.79 Å². The van der Waals surface area contributed by atoms with Crippen molar-refractivity contribution in [1.29, 1.82) is 0 Å². The zero-order valence-corrected chi connectivity index (χ0v) is 8.99. The molecule has 2 heterocycles. The second kappa shape index (κ2) is 4.11. The number of hydrogen-bond acceptors (Lipinski definition) is 3. The summed E-state index contributed by atoms with van der Waals surface area (Å²) in [6.07, 6.45) is 2.46. The van der Waals surface area contributed by atoms with Crippen LogP contribution in [-0.4, -0.2) is 12.5 Å². The molecule has 2 rings (SSSR count). The molecule has 0 spiro atoms. The molecule has 1 aliphatic rings. The van der Waals surface area contributed by atoms with Crippen LogP contribution in [0, 0.1) is 0 Å². The van der Waals surface area contributed by atoms with Crippen LogP contribution in [0.4, 0.5) is 5.00 Å². The van der Waals surface area contributed by atoms with Gasteiger partial charge in [0.15, 0.2) is 0 Å². The molecule has 0 aromatic carbocycles. The van der Waals surface area contributed by atoms with E-state index in [2.05, 4.69) is 16.7 Å². The van der Waals surface area contributed by atoms with Gasteiger partial charge >= 0.3 is 0 Å². The number of rotatable bonds is 2. The van der Waals surface area contributed by atoms with E-state index < -0.39 is 0 Å². The van der Waals surface area contributed by atoms with Crippen LogP contribution in [0.2, 0.25) is 0 Å². The first-order valence-corrected chi connectivity index (χ1v) is 5.68. The lowest BCUT2D eigenvalue weighted by Crippen LogP contribution is -2.11. The summed E-state index contributed by atoms with van der Waals surface area (Å²) in [4.78, 5) is 12.1. The fraction of sp³-hybridized carbons (Fsp3) is 0.500. The SMILES string of the molecule is CC(=O)Nc1ccc([C@H]2CCCN2)s1. The minimum atomic E-state index is -0.00205. The Morgan fingerprint density at radius 3 is 3.14 bits per heavy atom. The molecule has 1 saturated heterocycles. The molecule has 76 valence electrons. The summed E-state index contributed by atoms with van der Waals surface area (Å²) >= 11 is 1.66. The fourth-order valence-corrected chi connectivity index (χ4v) is 2.77. The van der Waals surface area contributed by atoms with Crippen molar-refractivity contribution in [3.05, 3.63) is 17.0 Å². The summed E-state index contributed by atoms with van der Waals surface area (Å²) in [6, 6.07) is 4.57. The summed E-state index contributed by atoms with van der Waals surface area (Å²) in [5, 5.41) is 7.18. The van der Waals surface area contributed by atoms with Gasteiger partial charge in [0.25, 0.3) is 0 Å². The van der Waals surface area contributed by atoms with E-state index >= 15 is 0 Å². The fourth-order valence-electron chi connectivity index (χ4n) is 1.71. The van der Waals surface area contributed by atoms with E-state index in [4.69, 9.17) is 0 Å². The van der Waals surface area contributed by atoms with Gasteiger partial charge in [0.05, 0.1) is 5.00 Å². The average Bonchev–Trinajstić information content (AvgIpc) is 2.69. The molecule has 1 aromatic heterocycles. The molecule has 2 N–H and O–H groups in total. The average molecular weight is 210 g/mol. The molecule has 1 amide bonds. The molecule has 1 atom stereocenters. The molecule has 1 aromatic rings. The quantitative estimate of drug-likeness (QED) is 0.785. The summed E-state index contributed by atoms with van der Waals surface area (Å²) in [5.74, 6) is -0.00205. The number of thiophene rings is 1. The highest BCUT2D eigenvalue weighted by Gasteiger charge is 2.17. The standard InChI is InChI=1S/C10H14N2OS/c1-7(13)12-10-5-4-9(14-10)8-3-2-6-11-8/h4-5,8,11H,2-3,6H2,1H3,(H,12,13)/t8-/m1/s1. The molecule has 1 aliphatic heterocycles. The number of nitrogens with one attached hydrogen (secondary N) is 2. The van der Waals surface area contributed by atoms with Crippen LogP contribution in [0.3, 0.4) is 0 Å². The predicted octanol–water partition coefficient (Wildman–Crippen LogP) is 2.13. The molecule has 1 fully saturated rings. The lowest BCUT2D eigenvalue weighted by molar-refractivity contribution is -0.114. The molecule has 0 saturated carbocycles. The monoisotopic (exact) mass is 210 g/mol. The summed E-state index contributed by atoms with van der Waals surface area (Å²) in [7, 11) is 0. The van der Waals surface area contributed by atoms with Crippen LogP contribution in [0.5, 0.6) is 0 Å². The van der Waals surface area contributed by atoms with Crippen molar-refractivity contribution >= 4 is 22.2 Å². The second-order valence-corrected chi connectivity index (χ2v) is 4.65. The third-order valence-electron chi connectivity index (χ3n) is 2.33. The molecule has 14 heavy (non-hydrogen) atoms. The van der Waals surface area contributed by atoms with Crippen LogP contribution in [0.25, 0.3) is 0 Å². The highest BCUT2D eigenvalue weighted by Crippen LogP contribution is 2.31. The van der Waals surface area contributed by atoms with E-state index in [0.29, 0.717) is 6.04 Å². The largest absolute Gasteiger partial charge is 0.318 e. The molecule has 3 nitrogen and oxygen atoms in total. The number of hydrogen-bond donors (Lipinski definition) is 2. The van der Waals surface area contributed by atoms with Crippen molar-refractivity contribution in [2.45, 2.75) is 25.8 Å². The van der Waals surface area contributed by atoms with Gasteiger partial charge in [-0.3, -0.25) is 4.79 Å². The molecule has 0 radical (unpaired) electrons. The van der Waals surface area contributed by atoms with Crippen molar-refractivity contribution in [3.63, 3.8) is 0 Å². The van der Waals surface area contributed by atoms with Crippen LogP contribution < -0.4 is 10.6 Å². The predicted molar refractivity (Wildman–Crippen MR) is 58.6 cm³/mol. The Bertz CT molecular complexity index is 329. The Kier molecular flexibility index (Phi) is 2.84. The first kappa shape index (κ1) is 9.68. The minimum absolute atomic E-state index is 0.00205. The first-order chi connectivity index (χ1) is 6.75. The molecular weight excluding hydrogens is 196 g/mol. The van der Waals surface area contributed by atoms with Crippen LogP contribution in [0.15, 0.2) is 12.1 Å². The maximum atomic E-state index is 10.8. The van der Waals surface area contributed by atoms with E-state index in [1.54, 1.807) is 11.3 Å². The Labute approximate surface area is 87.5 Å². The number of anilines is 1. The maximum absolute atomic E-state index is 10.8. The van der Waals surface area contributed by atoms with Gasteiger partial charge < -0.3 is 10.6 Å². The van der Waals surface area contributed by atoms with Gasteiger partial charge in [0.1, 0.15) is 0 Å². The summed E-state index contributed by atoms with van der Waals surface area (Å²) in [5.41, 5.74) is 0. The molecular formula is C10H14N2OS. The summed E-state index contributed by atoms with van der Waals surface area (Å²) in [6.45, 7) is 2.64. The van der Waals surface area contributed by atoms with Gasteiger partial charge in [0.2, 0.25) is 5.91 Å². The zero-order chi connectivity index (χ0) is 9.97. The molecule has 0 bridgehead atoms. The van der Waals surface area contributed by atoms with Gasteiger partial charge in [-0.2, -0.15) is 0 Å². The van der Waals surface area contributed by atoms with Crippen molar-refractivity contribution in [1.82, 2.24) is 5.32 Å². The van der Waals surface area contributed by atoms with Crippen LogP contribution in [0.1, 0.15) is 30.7 Å². The Hall–Kier alpha value is -0.870. The normalized spacial score (nSPS) is 21.1. The maximum Gasteiger partial charge on any atom is 0.221 e. The highest BCUT2D eigenvalue weighted by atomic mass is 32.1. The Balaban J connectivity index is 2.05. The van der Waals surface area contributed by atoms with Crippen molar-refractivity contribution in [2.24, 2.45) is 0 Å². The molecule has 0 aliphatic carbocycles. The lowest BCUT2D eigenvalue weighted by atomic mass is 10.2. The third-order valence-corrected chi connectivity index (χ3v) is 3.44. The number of amides is 1. The van der Waals surface area contributed by atoms with E-state index in [0.717, 1.165) is 11.5 Å². The van der Waals surface area contributed by atoms with Gasteiger partial charge in [-0.1, -0.05) is 0 Å². The smallest absolute Gasteiger partial charge is 0.221 e. The minimum Gasteiger partial charge on any atom is -0.318 e. The third kappa shape index (κ3) is 2.13. The van der Waals surface area contributed by atoms with Gasteiger partial charge in [-0.15, -0.1) is 11.3 Å². The highest BCUT2D eigenvalue weighted by molar-refractivity contribution is 7.16. The summed E-state index contributed by atoms with van der Waals surface area (Å²) < 4.78 is 0. The van der Waals surface area contributed by atoms with Crippen molar-refractivity contribution < 1.29 is 4.79 Å². The Morgan fingerprint density at radius 1 is 1.64 bits per heavy atom. The number of carbonyl (C=O) groups excluding carboxylic acids is 1. The van der Waals surface area contributed by atoms with Crippen molar-refractivity contribution in [2.75, 3.05) is 11.9 Å². The lowest BCUT2D eigenvalue weighted by Gasteiger charge is -2.05. The topological polar surface area (TPSA) is 41.1 Å². The first-order valence-electron chi connectivity index (χ1n) is 4.86. The van der Waals surface area contributed by atoms with Crippen molar-refractivity contribution in [3.8, 4) is 0 Å². The van der Waals surface area contributed by atoms with Crippen LogP contribution >= 0.6 is 11.3 Å². The Morgan fingerprint density at radius 2 is 2.50 bits per heavy atom. The van der Waals surface area contributed by atoms with Gasteiger partial charge in [0, 0.05) is 17.8 Å². The van der Waals surface area contributed by atoms with E-state index in [1.165, 1.54) is 24.6 Å².